The lowest BCUT2D eigenvalue weighted by Gasteiger charge is -2.18. The molecule has 0 spiro atoms. The molecule has 1 aliphatic rings. The second kappa shape index (κ2) is 4.52. The molecular weight excluding hydrogens is 260 g/mol. The highest BCUT2D eigenvalue weighted by Gasteiger charge is 2.31. The third-order valence-electron chi connectivity index (χ3n) is 3.48. The summed E-state index contributed by atoms with van der Waals surface area (Å²) >= 11 is 0. The van der Waals surface area contributed by atoms with Gasteiger partial charge in [-0.25, -0.2) is 4.79 Å². The van der Waals surface area contributed by atoms with Crippen molar-refractivity contribution in [2.24, 2.45) is 7.05 Å². The van der Waals surface area contributed by atoms with E-state index >= 15 is 0 Å². The van der Waals surface area contributed by atoms with Crippen LogP contribution in [0.3, 0.4) is 0 Å². The number of aliphatic carboxylic acids is 1. The van der Waals surface area contributed by atoms with Crippen LogP contribution < -0.4 is 4.90 Å². The van der Waals surface area contributed by atoms with Gasteiger partial charge in [-0.2, -0.15) is 5.10 Å². The molecule has 1 aliphatic heterocycles. The fourth-order valence-corrected chi connectivity index (χ4v) is 2.51. The van der Waals surface area contributed by atoms with Crippen molar-refractivity contribution in [1.29, 1.82) is 0 Å². The second-order valence-electron chi connectivity index (χ2n) is 4.73. The van der Waals surface area contributed by atoms with Gasteiger partial charge in [0, 0.05) is 25.5 Å². The van der Waals surface area contributed by atoms with E-state index in [4.69, 9.17) is 5.11 Å². The highest BCUT2D eigenvalue weighted by molar-refractivity contribution is 6.03. The third-order valence-corrected chi connectivity index (χ3v) is 3.48. The van der Waals surface area contributed by atoms with E-state index in [1.54, 1.807) is 15.8 Å². The van der Waals surface area contributed by atoms with Crippen LogP contribution in [0.4, 0.5) is 10.5 Å². The lowest BCUT2D eigenvalue weighted by Crippen LogP contribution is -2.35. The van der Waals surface area contributed by atoms with E-state index in [0.29, 0.717) is 13.1 Å². The number of carbonyl (C=O) groups excluding carboxylic acids is 1. The van der Waals surface area contributed by atoms with Gasteiger partial charge in [0.2, 0.25) is 0 Å². The highest BCUT2D eigenvalue weighted by Crippen LogP contribution is 2.28. The summed E-state index contributed by atoms with van der Waals surface area (Å²) in [5, 5.41) is 13.9. The maximum Gasteiger partial charge on any atom is 0.325 e. The number of nitrogens with zero attached hydrogens (tertiary/aromatic N) is 4. The van der Waals surface area contributed by atoms with Gasteiger partial charge in [0.15, 0.2) is 0 Å². The molecule has 7 heteroatoms. The van der Waals surface area contributed by atoms with Gasteiger partial charge in [-0.15, -0.1) is 0 Å². The van der Waals surface area contributed by atoms with Crippen molar-refractivity contribution in [3.8, 4) is 0 Å². The predicted molar refractivity (Wildman–Crippen MR) is 72.7 cm³/mol. The largest absolute Gasteiger partial charge is 0.480 e. The summed E-state index contributed by atoms with van der Waals surface area (Å²) in [6.45, 7) is 0.639. The van der Waals surface area contributed by atoms with Crippen LogP contribution in [0.25, 0.3) is 10.9 Å². The van der Waals surface area contributed by atoms with E-state index in [1.807, 2.05) is 25.2 Å². The lowest BCUT2D eigenvalue weighted by molar-refractivity contribution is -0.137. The van der Waals surface area contributed by atoms with Crippen molar-refractivity contribution >= 4 is 28.6 Å². The number of fused-ring (bicyclic) bond motifs is 1. The quantitative estimate of drug-likeness (QED) is 0.902. The van der Waals surface area contributed by atoms with E-state index in [1.165, 1.54) is 4.90 Å². The molecule has 1 aromatic heterocycles. The zero-order chi connectivity index (χ0) is 14.3. The average Bonchev–Trinajstić information content (AvgIpc) is 2.95. The summed E-state index contributed by atoms with van der Waals surface area (Å²) in [6, 6.07) is 5.38. The first kappa shape index (κ1) is 12.5. The monoisotopic (exact) mass is 274 g/mol. The number of benzene rings is 1. The Balaban J connectivity index is 1.96. The van der Waals surface area contributed by atoms with Crippen LogP contribution >= 0.6 is 0 Å². The molecule has 7 nitrogen and oxygen atoms in total. The van der Waals surface area contributed by atoms with Gasteiger partial charge in [0.25, 0.3) is 0 Å². The number of rotatable bonds is 3. The van der Waals surface area contributed by atoms with Crippen molar-refractivity contribution in [3.63, 3.8) is 0 Å². The molecule has 0 bridgehead atoms. The summed E-state index contributed by atoms with van der Waals surface area (Å²) in [6.07, 6.45) is 1.72. The smallest absolute Gasteiger partial charge is 0.325 e. The number of anilines is 1. The maximum absolute atomic E-state index is 12.3. The second-order valence-corrected chi connectivity index (χ2v) is 4.73. The molecule has 2 amide bonds. The standard InChI is InChI=1S/C13H14N4O3/c1-15-10-3-2-4-11(9(10)7-14-15)17-6-5-16(13(17)20)8-12(18)19/h2-4,7H,5-6,8H2,1H3,(H,18,19). The van der Waals surface area contributed by atoms with Gasteiger partial charge in [0.05, 0.1) is 17.4 Å². The Kier molecular flexibility index (Phi) is 2.81. The molecule has 1 N–H and O–H groups in total. The SMILES string of the molecule is Cn1ncc2c(N3CCN(CC(=O)O)C3=O)cccc21. The number of hydrogen-bond donors (Lipinski definition) is 1. The Bertz CT molecular complexity index is 694. The van der Waals surface area contributed by atoms with Gasteiger partial charge >= 0.3 is 12.0 Å². The normalized spacial score (nSPS) is 15.3. The van der Waals surface area contributed by atoms with E-state index in [0.717, 1.165) is 16.6 Å². The van der Waals surface area contributed by atoms with Crippen LogP contribution in [0, 0.1) is 0 Å². The number of aromatic nitrogens is 2. The molecule has 2 aromatic rings. The highest BCUT2D eigenvalue weighted by atomic mass is 16.4. The van der Waals surface area contributed by atoms with Crippen LogP contribution in [0.1, 0.15) is 0 Å². The summed E-state index contributed by atoms with van der Waals surface area (Å²) in [4.78, 5) is 25.9. The molecule has 0 saturated carbocycles. The van der Waals surface area contributed by atoms with Gasteiger partial charge < -0.3 is 10.0 Å². The Labute approximate surface area is 115 Å². The van der Waals surface area contributed by atoms with Crippen molar-refractivity contribution < 1.29 is 14.7 Å². The molecule has 1 fully saturated rings. The predicted octanol–water partition coefficient (Wildman–Crippen LogP) is 0.900. The molecule has 0 aliphatic carbocycles. The summed E-state index contributed by atoms with van der Waals surface area (Å²) in [5.74, 6) is -1.00. The average molecular weight is 274 g/mol. The summed E-state index contributed by atoms with van der Waals surface area (Å²) in [5.41, 5.74) is 1.71. The minimum atomic E-state index is -1.00. The molecule has 1 saturated heterocycles. The number of carbonyl (C=O) groups is 2. The molecular formula is C13H14N4O3. The van der Waals surface area contributed by atoms with E-state index in [-0.39, 0.29) is 12.6 Å². The van der Waals surface area contributed by atoms with Crippen molar-refractivity contribution in [3.05, 3.63) is 24.4 Å². The number of urea groups is 1. The van der Waals surface area contributed by atoms with Crippen molar-refractivity contribution in [2.45, 2.75) is 0 Å². The fourth-order valence-electron chi connectivity index (χ4n) is 2.51. The molecule has 1 aromatic carbocycles. The Hall–Kier alpha value is -2.57. The van der Waals surface area contributed by atoms with E-state index in [9.17, 15) is 9.59 Å². The Morgan fingerprint density at radius 1 is 1.40 bits per heavy atom. The molecule has 0 radical (unpaired) electrons. The zero-order valence-corrected chi connectivity index (χ0v) is 11.0. The Morgan fingerprint density at radius 2 is 2.20 bits per heavy atom. The number of carboxylic acid groups (broad SMARTS) is 1. The topological polar surface area (TPSA) is 78.7 Å². The molecule has 2 heterocycles. The minimum absolute atomic E-state index is 0.266. The van der Waals surface area contributed by atoms with Crippen LogP contribution in [-0.4, -0.2) is 51.4 Å². The maximum atomic E-state index is 12.3. The Morgan fingerprint density at radius 3 is 2.95 bits per heavy atom. The number of aryl methyl sites for hydroxylation is 1. The van der Waals surface area contributed by atoms with Gasteiger partial charge in [0.1, 0.15) is 6.54 Å². The van der Waals surface area contributed by atoms with Gasteiger partial charge in [-0.1, -0.05) is 6.07 Å². The van der Waals surface area contributed by atoms with Crippen LogP contribution in [-0.2, 0) is 11.8 Å². The molecule has 0 atom stereocenters. The first-order chi connectivity index (χ1) is 9.58. The summed E-state index contributed by atoms with van der Waals surface area (Å²) in [7, 11) is 1.84. The number of carboxylic acids is 1. The van der Waals surface area contributed by atoms with Crippen LogP contribution in [0.5, 0.6) is 0 Å². The fraction of sp³-hybridized carbons (Fsp3) is 0.308. The van der Waals surface area contributed by atoms with Crippen molar-refractivity contribution in [1.82, 2.24) is 14.7 Å². The molecule has 3 rings (SSSR count). The number of amides is 2. The van der Waals surface area contributed by atoms with Crippen LogP contribution in [0.2, 0.25) is 0 Å². The van der Waals surface area contributed by atoms with Crippen molar-refractivity contribution in [2.75, 3.05) is 24.5 Å². The summed E-state index contributed by atoms with van der Waals surface area (Å²) < 4.78 is 1.74. The first-order valence-corrected chi connectivity index (χ1v) is 6.27. The third kappa shape index (κ3) is 1.87. The van der Waals surface area contributed by atoms with Gasteiger partial charge in [-0.3, -0.25) is 14.4 Å². The van der Waals surface area contributed by atoms with E-state index < -0.39 is 5.97 Å². The number of hydrogen-bond acceptors (Lipinski definition) is 3. The first-order valence-electron chi connectivity index (χ1n) is 6.27. The lowest BCUT2D eigenvalue weighted by atomic mass is 10.2. The minimum Gasteiger partial charge on any atom is -0.480 e. The van der Waals surface area contributed by atoms with Gasteiger partial charge in [-0.05, 0) is 12.1 Å². The zero-order valence-electron chi connectivity index (χ0n) is 11.0. The molecule has 0 unspecified atom stereocenters. The molecule has 20 heavy (non-hydrogen) atoms. The van der Waals surface area contributed by atoms with E-state index in [2.05, 4.69) is 5.10 Å². The van der Waals surface area contributed by atoms with Crippen LogP contribution in [0.15, 0.2) is 24.4 Å². The molecule has 104 valence electrons.